The molecule has 0 amide bonds. The Balaban J connectivity index is 2.64. The second-order valence-corrected chi connectivity index (χ2v) is 5.89. The van der Waals surface area contributed by atoms with Gasteiger partial charge >= 0.3 is 0 Å². The maximum absolute atomic E-state index is 6.37. The Bertz CT molecular complexity index is 322. The van der Waals surface area contributed by atoms with Crippen LogP contribution in [0.1, 0.15) is 62.4 Å². The Hall–Kier alpha value is -0.0500. The molecule has 1 nitrogen and oxygen atoms in total. The van der Waals surface area contributed by atoms with Crippen molar-refractivity contribution < 1.29 is 0 Å². The molecule has 0 aliphatic carbocycles. The quantitative estimate of drug-likeness (QED) is 0.631. The molecule has 0 aliphatic heterocycles. The fourth-order valence-corrected chi connectivity index (χ4v) is 3.36. The second-order valence-electron chi connectivity index (χ2n) is 4.60. The Kier molecular flexibility index (Phi) is 7.17. The van der Waals surface area contributed by atoms with E-state index >= 15 is 0 Å². The molecule has 0 radical (unpaired) electrons. The van der Waals surface area contributed by atoms with Gasteiger partial charge in [0.25, 0.3) is 0 Å². The van der Waals surface area contributed by atoms with Gasteiger partial charge in [-0.1, -0.05) is 44.7 Å². The normalized spacial score (nSPS) is 12.9. The molecule has 1 unspecified atom stereocenters. The number of aryl methyl sites for hydroxylation is 1. The van der Waals surface area contributed by atoms with Crippen LogP contribution < -0.4 is 5.32 Å². The van der Waals surface area contributed by atoms with Gasteiger partial charge in [0.1, 0.15) is 0 Å². The SMILES string of the molecule is CCCCCC(NCCC)c1scc(C)c1Cl. The van der Waals surface area contributed by atoms with E-state index in [1.807, 2.05) is 0 Å². The van der Waals surface area contributed by atoms with Crippen molar-refractivity contribution >= 4 is 22.9 Å². The van der Waals surface area contributed by atoms with Gasteiger partial charge < -0.3 is 5.32 Å². The van der Waals surface area contributed by atoms with Crippen LogP contribution in [-0.2, 0) is 0 Å². The van der Waals surface area contributed by atoms with Gasteiger partial charge in [0.15, 0.2) is 0 Å². The average Bonchev–Trinajstić information content (AvgIpc) is 2.65. The van der Waals surface area contributed by atoms with Crippen molar-refractivity contribution in [2.45, 2.75) is 58.9 Å². The van der Waals surface area contributed by atoms with E-state index in [0.717, 1.165) is 11.6 Å². The lowest BCUT2D eigenvalue weighted by Gasteiger charge is -2.17. The predicted molar refractivity (Wildman–Crippen MR) is 79.2 cm³/mol. The van der Waals surface area contributed by atoms with Crippen LogP contribution in [-0.4, -0.2) is 6.54 Å². The maximum atomic E-state index is 6.37. The molecule has 98 valence electrons. The van der Waals surface area contributed by atoms with Gasteiger partial charge in [0.05, 0.1) is 5.02 Å². The standard InChI is InChI=1S/C14H24ClNS/c1-4-6-7-8-12(16-9-5-2)14-13(15)11(3)10-17-14/h10,12,16H,4-9H2,1-3H3. The van der Waals surface area contributed by atoms with E-state index in [1.54, 1.807) is 11.3 Å². The number of hydrogen-bond acceptors (Lipinski definition) is 2. The van der Waals surface area contributed by atoms with Gasteiger partial charge in [-0.15, -0.1) is 11.3 Å². The van der Waals surface area contributed by atoms with E-state index in [0.29, 0.717) is 6.04 Å². The summed E-state index contributed by atoms with van der Waals surface area (Å²) >= 11 is 8.16. The highest BCUT2D eigenvalue weighted by molar-refractivity contribution is 7.10. The van der Waals surface area contributed by atoms with Gasteiger partial charge in [-0.05, 0) is 37.3 Å². The molecule has 0 fully saturated rings. The van der Waals surface area contributed by atoms with E-state index in [2.05, 4.69) is 31.5 Å². The first kappa shape index (κ1) is 15.0. The lowest BCUT2D eigenvalue weighted by molar-refractivity contribution is 0.480. The summed E-state index contributed by atoms with van der Waals surface area (Å²) in [4.78, 5) is 1.33. The molecule has 0 aromatic carbocycles. The molecule has 0 saturated carbocycles. The van der Waals surface area contributed by atoms with Crippen molar-refractivity contribution in [2.75, 3.05) is 6.54 Å². The fraction of sp³-hybridized carbons (Fsp3) is 0.714. The van der Waals surface area contributed by atoms with Gasteiger partial charge in [-0.2, -0.15) is 0 Å². The van der Waals surface area contributed by atoms with E-state index in [9.17, 15) is 0 Å². The number of nitrogens with one attached hydrogen (secondary N) is 1. The van der Waals surface area contributed by atoms with E-state index in [1.165, 1.54) is 42.5 Å². The topological polar surface area (TPSA) is 12.0 Å². The Morgan fingerprint density at radius 3 is 2.59 bits per heavy atom. The molecule has 1 aromatic rings. The summed E-state index contributed by atoms with van der Waals surface area (Å²) in [6.07, 6.45) is 6.24. The van der Waals surface area contributed by atoms with Crippen LogP contribution in [0.4, 0.5) is 0 Å². The van der Waals surface area contributed by atoms with Crippen LogP contribution in [0.25, 0.3) is 0 Å². The summed E-state index contributed by atoms with van der Waals surface area (Å²) in [6.45, 7) is 7.61. The third kappa shape index (κ3) is 4.61. The molecule has 0 aliphatic rings. The molecular weight excluding hydrogens is 250 g/mol. The molecule has 1 aromatic heterocycles. The zero-order chi connectivity index (χ0) is 12.7. The third-order valence-electron chi connectivity index (χ3n) is 2.98. The Labute approximate surface area is 115 Å². The van der Waals surface area contributed by atoms with E-state index in [-0.39, 0.29) is 0 Å². The monoisotopic (exact) mass is 273 g/mol. The van der Waals surface area contributed by atoms with Gasteiger partial charge in [-0.25, -0.2) is 0 Å². The number of hydrogen-bond donors (Lipinski definition) is 1. The zero-order valence-electron chi connectivity index (χ0n) is 11.2. The lowest BCUT2D eigenvalue weighted by Crippen LogP contribution is -2.21. The van der Waals surface area contributed by atoms with Gasteiger partial charge in [0.2, 0.25) is 0 Å². The minimum atomic E-state index is 0.452. The molecule has 1 heterocycles. The number of halogens is 1. The summed E-state index contributed by atoms with van der Waals surface area (Å²) in [5.41, 5.74) is 1.21. The summed E-state index contributed by atoms with van der Waals surface area (Å²) in [5.74, 6) is 0. The highest BCUT2D eigenvalue weighted by Gasteiger charge is 2.16. The molecule has 0 spiro atoms. The second kappa shape index (κ2) is 8.12. The lowest BCUT2D eigenvalue weighted by atomic mass is 10.1. The summed E-state index contributed by atoms with van der Waals surface area (Å²) < 4.78 is 0. The van der Waals surface area contributed by atoms with Crippen molar-refractivity contribution in [2.24, 2.45) is 0 Å². The van der Waals surface area contributed by atoms with Crippen LogP contribution in [0, 0.1) is 6.92 Å². The van der Waals surface area contributed by atoms with E-state index in [4.69, 9.17) is 11.6 Å². The largest absolute Gasteiger partial charge is 0.309 e. The zero-order valence-corrected chi connectivity index (χ0v) is 12.8. The van der Waals surface area contributed by atoms with Crippen molar-refractivity contribution in [3.05, 3.63) is 20.8 Å². The van der Waals surface area contributed by atoms with Gasteiger partial charge in [-0.3, -0.25) is 0 Å². The Morgan fingerprint density at radius 2 is 2.06 bits per heavy atom. The molecule has 0 saturated heterocycles. The van der Waals surface area contributed by atoms with Crippen LogP contribution >= 0.6 is 22.9 Å². The maximum Gasteiger partial charge on any atom is 0.0590 e. The number of rotatable bonds is 8. The molecule has 1 rings (SSSR count). The van der Waals surface area contributed by atoms with Crippen molar-refractivity contribution in [3.63, 3.8) is 0 Å². The molecule has 3 heteroatoms. The smallest absolute Gasteiger partial charge is 0.0590 e. The molecule has 0 bridgehead atoms. The van der Waals surface area contributed by atoms with Crippen molar-refractivity contribution in [1.29, 1.82) is 0 Å². The molecule has 1 atom stereocenters. The first-order chi connectivity index (χ1) is 8.20. The molecular formula is C14H24ClNS. The summed E-state index contributed by atoms with van der Waals surface area (Å²) in [5, 5.41) is 6.76. The minimum absolute atomic E-state index is 0.452. The van der Waals surface area contributed by atoms with Crippen LogP contribution in [0.3, 0.4) is 0 Å². The minimum Gasteiger partial charge on any atom is -0.309 e. The average molecular weight is 274 g/mol. The summed E-state index contributed by atoms with van der Waals surface area (Å²) in [7, 11) is 0. The number of thiophene rings is 1. The predicted octanol–water partition coefficient (Wildman–Crippen LogP) is 5.33. The number of unbranched alkanes of at least 4 members (excludes halogenated alkanes) is 2. The van der Waals surface area contributed by atoms with Gasteiger partial charge in [0, 0.05) is 10.9 Å². The molecule has 1 N–H and O–H groups in total. The highest BCUT2D eigenvalue weighted by atomic mass is 35.5. The van der Waals surface area contributed by atoms with Crippen molar-refractivity contribution in [3.8, 4) is 0 Å². The van der Waals surface area contributed by atoms with E-state index < -0.39 is 0 Å². The first-order valence-corrected chi connectivity index (χ1v) is 7.93. The van der Waals surface area contributed by atoms with Crippen LogP contribution in [0.15, 0.2) is 5.38 Å². The molecule has 17 heavy (non-hydrogen) atoms. The van der Waals surface area contributed by atoms with Crippen molar-refractivity contribution in [1.82, 2.24) is 5.32 Å². The van der Waals surface area contributed by atoms with Crippen LogP contribution in [0.5, 0.6) is 0 Å². The van der Waals surface area contributed by atoms with Crippen LogP contribution in [0.2, 0.25) is 5.02 Å². The Morgan fingerprint density at radius 1 is 1.29 bits per heavy atom. The third-order valence-corrected chi connectivity index (χ3v) is 4.81. The summed E-state index contributed by atoms with van der Waals surface area (Å²) in [6, 6.07) is 0.452. The highest BCUT2D eigenvalue weighted by Crippen LogP contribution is 2.34. The first-order valence-electron chi connectivity index (χ1n) is 6.67. The fourth-order valence-electron chi connectivity index (χ4n) is 1.93.